The fourth-order valence-electron chi connectivity index (χ4n) is 2.78. The molecule has 0 amide bonds. The zero-order valence-electron chi connectivity index (χ0n) is 12.7. The van der Waals surface area contributed by atoms with Crippen LogP contribution in [0.15, 0.2) is 24.3 Å². The van der Waals surface area contributed by atoms with Crippen LogP contribution in [0.2, 0.25) is 0 Å². The van der Waals surface area contributed by atoms with Crippen LogP contribution in [0, 0.1) is 0 Å². The Hall–Kier alpha value is -1.06. The first-order valence-electron chi connectivity index (χ1n) is 7.76. The highest BCUT2D eigenvalue weighted by atomic mass is 16.5. The summed E-state index contributed by atoms with van der Waals surface area (Å²) in [4.78, 5) is 0. The molecule has 0 spiro atoms. The smallest absolute Gasteiger partial charge is 0.119 e. The van der Waals surface area contributed by atoms with E-state index in [4.69, 9.17) is 4.74 Å². The van der Waals surface area contributed by atoms with Gasteiger partial charge in [-0.15, -0.1) is 0 Å². The van der Waals surface area contributed by atoms with Gasteiger partial charge in [0.05, 0.1) is 11.7 Å². The van der Waals surface area contributed by atoms with Crippen molar-refractivity contribution in [2.45, 2.75) is 64.2 Å². The molecule has 1 aromatic carbocycles. The van der Waals surface area contributed by atoms with Gasteiger partial charge in [0, 0.05) is 13.1 Å². The van der Waals surface area contributed by atoms with Crippen LogP contribution in [0.25, 0.3) is 0 Å². The average molecular weight is 277 g/mol. The second-order valence-corrected chi connectivity index (χ2v) is 6.20. The van der Waals surface area contributed by atoms with Crippen molar-refractivity contribution in [1.29, 1.82) is 0 Å². The lowest BCUT2D eigenvalue weighted by Gasteiger charge is -2.32. The molecule has 1 aliphatic carbocycles. The average Bonchev–Trinajstić information content (AvgIpc) is 2.41. The molecule has 2 rings (SSSR count). The van der Waals surface area contributed by atoms with Crippen molar-refractivity contribution in [2.24, 2.45) is 0 Å². The molecule has 3 heteroatoms. The van der Waals surface area contributed by atoms with Gasteiger partial charge in [-0.3, -0.25) is 0 Å². The Morgan fingerprint density at radius 1 is 1.15 bits per heavy atom. The molecule has 0 aliphatic heterocycles. The monoisotopic (exact) mass is 277 g/mol. The minimum atomic E-state index is -0.487. The maximum Gasteiger partial charge on any atom is 0.119 e. The number of ether oxygens (including phenoxy) is 1. The van der Waals surface area contributed by atoms with Crippen LogP contribution in [-0.4, -0.2) is 23.4 Å². The van der Waals surface area contributed by atoms with E-state index in [2.05, 4.69) is 17.4 Å². The molecule has 1 fully saturated rings. The van der Waals surface area contributed by atoms with Crippen LogP contribution >= 0.6 is 0 Å². The van der Waals surface area contributed by atoms with Gasteiger partial charge in [-0.1, -0.05) is 31.4 Å². The molecule has 0 atom stereocenters. The number of benzene rings is 1. The molecule has 3 nitrogen and oxygen atoms in total. The summed E-state index contributed by atoms with van der Waals surface area (Å²) in [6.45, 7) is 5.54. The number of hydrogen-bond donors (Lipinski definition) is 2. The molecule has 20 heavy (non-hydrogen) atoms. The summed E-state index contributed by atoms with van der Waals surface area (Å²) in [6.07, 6.45) is 5.64. The molecule has 1 saturated carbocycles. The molecule has 0 heterocycles. The van der Waals surface area contributed by atoms with Crippen LogP contribution in [0.1, 0.15) is 51.5 Å². The van der Waals surface area contributed by atoms with Gasteiger partial charge in [0.1, 0.15) is 5.75 Å². The molecule has 1 aromatic rings. The third-order valence-corrected chi connectivity index (χ3v) is 3.86. The minimum Gasteiger partial charge on any atom is -0.491 e. The molecule has 1 aliphatic rings. The Balaban J connectivity index is 1.76. The first-order valence-corrected chi connectivity index (χ1v) is 7.76. The van der Waals surface area contributed by atoms with Crippen LogP contribution in [0.4, 0.5) is 0 Å². The summed E-state index contributed by atoms with van der Waals surface area (Å²) in [5.41, 5.74) is 0.736. The summed E-state index contributed by atoms with van der Waals surface area (Å²) < 4.78 is 5.62. The molecular formula is C17H27NO2. The van der Waals surface area contributed by atoms with Crippen molar-refractivity contribution in [3.63, 3.8) is 0 Å². The lowest BCUT2D eigenvalue weighted by Crippen LogP contribution is -2.41. The van der Waals surface area contributed by atoms with Gasteiger partial charge in [0.25, 0.3) is 0 Å². The van der Waals surface area contributed by atoms with Gasteiger partial charge < -0.3 is 15.2 Å². The maximum absolute atomic E-state index is 10.4. The van der Waals surface area contributed by atoms with Crippen molar-refractivity contribution in [3.05, 3.63) is 29.8 Å². The zero-order chi connectivity index (χ0) is 14.4. The molecule has 0 aromatic heterocycles. The maximum atomic E-state index is 10.4. The Kier molecular flexibility index (Phi) is 5.44. The quantitative estimate of drug-likeness (QED) is 0.838. The normalized spacial score (nSPS) is 18.2. The standard InChI is InChI=1S/C17H27NO2/c1-14(2)20-16-8-6-15(7-9-16)12-18-13-17(19)10-4-3-5-11-17/h6-9,14,18-19H,3-5,10-13H2,1-2H3. The Morgan fingerprint density at radius 2 is 1.80 bits per heavy atom. The van der Waals surface area contributed by atoms with E-state index in [1.54, 1.807) is 0 Å². The molecule has 0 bridgehead atoms. The lowest BCUT2D eigenvalue weighted by atomic mass is 9.85. The SMILES string of the molecule is CC(C)Oc1ccc(CNCC2(O)CCCCC2)cc1. The summed E-state index contributed by atoms with van der Waals surface area (Å²) in [5, 5.41) is 13.8. The summed E-state index contributed by atoms with van der Waals surface area (Å²) in [7, 11) is 0. The van der Waals surface area contributed by atoms with E-state index in [1.165, 1.54) is 12.0 Å². The fraction of sp³-hybridized carbons (Fsp3) is 0.647. The predicted octanol–water partition coefficient (Wildman–Crippen LogP) is 3.26. The highest BCUT2D eigenvalue weighted by Crippen LogP contribution is 2.27. The molecule has 112 valence electrons. The zero-order valence-corrected chi connectivity index (χ0v) is 12.7. The highest BCUT2D eigenvalue weighted by molar-refractivity contribution is 5.27. The second kappa shape index (κ2) is 7.09. The second-order valence-electron chi connectivity index (χ2n) is 6.20. The third-order valence-electron chi connectivity index (χ3n) is 3.86. The number of rotatable bonds is 6. The van der Waals surface area contributed by atoms with Gasteiger partial charge in [0.2, 0.25) is 0 Å². The highest BCUT2D eigenvalue weighted by Gasteiger charge is 2.28. The summed E-state index contributed by atoms with van der Waals surface area (Å²) in [6, 6.07) is 8.17. The van der Waals surface area contributed by atoms with Crippen molar-refractivity contribution >= 4 is 0 Å². The summed E-state index contributed by atoms with van der Waals surface area (Å²) >= 11 is 0. The van der Waals surface area contributed by atoms with Crippen LogP contribution in [0.3, 0.4) is 0 Å². The van der Waals surface area contributed by atoms with Gasteiger partial charge in [-0.25, -0.2) is 0 Å². The van der Waals surface area contributed by atoms with Gasteiger partial charge >= 0.3 is 0 Å². The Morgan fingerprint density at radius 3 is 2.40 bits per heavy atom. The van der Waals surface area contributed by atoms with Gasteiger partial charge in [0.15, 0.2) is 0 Å². The van der Waals surface area contributed by atoms with Crippen LogP contribution in [-0.2, 0) is 6.54 Å². The number of aliphatic hydroxyl groups is 1. The van der Waals surface area contributed by atoms with Crippen molar-refractivity contribution in [1.82, 2.24) is 5.32 Å². The van der Waals surface area contributed by atoms with Gasteiger partial charge in [-0.05, 0) is 44.4 Å². The van der Waals surface area contributed by atoms with Crippen molar-refractivity contribution in [2.75, 3.05) is 6.54 Å². The Labute approximate surface area is 122 Å². The molecule has 0 saturated heterocycles. The first kappa shape index (κ1) is 15.3. The molecule has 0 radical (unpaired) electrons. The van der Waals surface area contributed by atoms with Gasteiger partial charge in [-0.2, -0.15) is 0 Å². The van der Waals surface area contributed by atoms with E-state index < -0.39 is 5.60 Å². The van der Waals surface area contributed by atoms with E-state index in [1.807, 2.05) is 26.0 Å². The lowest BCUT2D eigenvalue weighted by molar-refractivity contribution is 0.00467. The van der Waals surface area contributed by atoms with E-state index in [9.17, 15) is 5.11 Å². The van der Waals surface area contributed by atoms with Crippen LogP contribution < -0.4 is 10.1 Å². The predicted molar refractivity (Wildman–Crippen MR) is 81.9 cm³/mol. The minimum absolute atomic E-state index is 0.208. The van der Waals surface area contributed by atoms with Crippen molar-refractivity contribution in [3.8, 4) is 5.75 Å². The third kappa shape index (κ3) is 4.80. The number of nitrogens with one attached hydrogen (secondary N) is 1. The van der Waals surface area contributed by atoms with E-state index >= 15 is 0 Å². The summed E-state index contributed by atoms with van der Waals surface area (Å²) in [5.74, 6) is 0.912. The molecular weight excluding hydrogens is 250 g/mol. The fourth-order valence-corrected chi connectivity index (χ4v) is 2.78. The number of hydrogen-bond acceptors (Lipinski definition) is 3. The molecule has 2 N–H and O–H groups in total. The van der Waals surface area contributed by atoms with E-state index in [0.29, 0.717) is 6.54 Å². The largest absolute Gasteiger partial charge is 0.491 e. The van der Waals surface area contributed by atoms with E-state index in [-0.39, 0.29) is 6.10 Å². The topological polar surface area (TPSA) is 41.5 Å². The Bertz CT molecular complexity index is 394. The van der Waals surface area contributed by atoms with Crippen molar-refractivity contribution < 1.29 is 9.84 Å². The van der Waals surface area contributed by atoms with E-state index in [0.717, 1.165) is 38.0 Å². The van der Waals surface area contributed by atoms with Crippen LogP contribution in [0.5, 0.6) is 5.75 Å². The molecule has 0 unspecified atom stereocenters. The first-order chi connectivity index (χ1) is 9.57.